The number of unbranched alkanes of at least 4 members (excludes halogenated alkanes) is 1. The average Bonchev–Trinajstić information content (AvgIpc) is 2.73. The fraction of sp³-hybridized carbons (Fsp3) is 0.654. The van der Waals surface area contributed by atoms with E-state index in [1.165, 1.54) is 44.1 Å². The quantitative estimate of drug-likeness (QED) is 0.443. The molecule has 4 saturated carbocycles. The van der Waals surface area contributed by atoms with E-state index in [9.17, 15) is 14.4 Å². The maximum atomic E-state index is 12.5. The summed E-state index contributed by atoms with van der Waals surface area (Å²) in [6, 6.07) is 7.48. The summed E-state index contributed by atoms with van der Waals surface area (Å²) < 4.78 is 5.09. The van der Waals surface area contributed by atoms with Crippen LogP contribution >= 0.6 is 0 Å². The first-order valence-electron chi connectivity index (χ1n) is 12.0. The average molecular weight is 426 g/mol. The Bertz CT molecular complexity index is 778. The molecule has 168 valence electrons. The molecule has 5 nitrogen and oxygen atoms in total. The van der Waals surface area contributed by atoms with Crippen LogP contribution in [0.4, 0.5) is 0 Å². The number of carbonyl (C=O) groups is 3. The van der Waals surface area contributed by atoms with Crippen molar-refractivity contribution in [1.29, 1.82) is 0 Å². The van der Waals surface area contributed by atoms with Gasteiger partial charge < -0.3 is 10.1 Å². The number of Topliss-reactive ketones (excluding diaryl/α,β-unsaturated/α-hetero) is 1. The molecule has 5 heteroatoms. The highest BCUT2D eigenvalue weighted by molar-refractivity contribution is 5.98. The Kier molecular flexibility index (Phi) is 6.78. The van der Waals surface area contributed by atoms with Gasteiger partial charge in [-0.1, -0.05) is 37.6 Å². The molecule has 4 bridgehead atoms. The number of hydrogen-bond acceptors (Lipinski definition) is 4. The van der Waals surface area contributed by atoms with Crippen molar-refractivity contribution >= 4 is 17.7 Å². The van der Waals surface area contributed by atoms with Gasteiger partial charge in [0.05, 0.1) is 0 Å². The van der Waals surface area contributed by atoms with E-state index >= 15 is 0 Å². The van der Waals surface area contributed by atoms with Crippen molar-refractivity contribution in [3.8, 4) is 0 Å². The van der Waals surface area contributed by atoms with Crippen molar-refractivity contribution in [3.63, 3.8) is 0 Å². The lowest BCUT2D eigenvalue weighted by atomic mass is 9.49. The number of ketones is 1. The Balaban J connectivity index is 1.17. The third-order valence-electron chi connectivity index (χ3n) is 7.59. The smallest absolute Gasteiger partial charge is 0.325 e. The molecule has 1 aromatic rings. The third-order valence-corrected chi connectivity index (χ3v) is 7.59. The topological polar surface area (TPSA) is 72.5 Å². The second kappa shape index (κ2) is 9.54. The molecular weight excluding hydrogens is 390 g/mol. The number of nitrogens with one attached hydrogen (secondary N) is 1. The van der Waals surface area contributed by atoms with Crippen LogP contribution in [-0.2, 0) is 20.7 Å². The Labute approximate surface area is 185 Å². The second-order valence-corrected chi connectivity index (χ2v) is 10.3. The zero-order chi connectivity index (χ0) is 21.8. The Hall–Kier alpha value is -2.17. The van der Waals surface area contributed by atoms with Gasteiger partial charge in [0.2, 0.25) is 5.91 Å². The van der Waals surface area contributed by atoms with Gasteiger partial charge in [-0.05, 0) is 80.1 Å². The molecule has 0 atom stereocenters. The predicted molar refractivity (Wildman–Crippen MR) is 119 cm³/mol. The molecule has 4 fully saturated rings. The zero-order valence-corrected chi connectivity index (χ0v) is 18.7. The lowest BCUT2D eigenvalue weighted by Crippen LogP contribution is -2.48. The van der Waals surface area contributed by atoms with E-state index < -0.39 is 5.97 Å². The maximum Gasteiger partial charge on any atom is 0.325 e. The van der Waals surface area contributed by atoms with Crippen molar-refractivity contribution in [3.05, 3.63) is 35.4 Å². The third kappa shape index (κ3) is 5.55. The molecule has 4 aliphatic rings. The van der Waals surface area contributed by atoms with Crippen LogP contribution in [0, 0.1) is 23.2 Å². The van der Waals surface area contributed by atoms with Crippen LogP contribution in [0.3, 0.4) is 0 Å². The number of rotatable bonds is 10. The first-order valence-corrected chi connectivity index (χ1v) is 12.0. The van der Waals surface area contributed by atoms with Crippen molar-refractivity contribution in [2.75, 3.05) is 13.2 Å². The maximum absolute atomic E-state index is 12.5. The van der Waals surface area contributed by atoms with E-state index in [1.807, 2.05) is 12.1 Å². The van der Waals surface area contributed by atoms with Crippen LogP contribution in [0.15, 0.2) is 24.3 Å². The van der Waals surface area contributed by atoms with Gasteiger partial charge in [-0.25, -0.2) is 0 Å². The molecule has 0 radical (unpaired) electrons. The van der Waals surface area contributed by atoms with Crippen LogP contribution in [-0.4, -0.2) is 30.8 Å². The molecule has 0 aromatic heterocycles. The highest BCUT2D eigenvalue weighted by Gasteiger charge is 2.51. The first kappa shape index (κ1) is 22.0. The van der Waals surface area contributed by atoms with E-state index in [-0.39, 0.29) is 30.3 Å². The van der Waals surface area contributed by atoms with Gasteiger partial charge in [-0.2, -0.15) is 0 Å². The molecule has 5 rings (SSSR count). The molecule has 1 N–H and O–H groups in total. The summed E-state index contributed by atoms with van der Waals surface area (Å²) in [7, 11) is 0. The number of ether oxygens (including phenoxy) is 1. The fourth-order valence-electron chi connectivity index (χ4n) is 6.60. The normalized spacial score (nSPS) is 28.4. The number of aryl methyl sites for hydroxylation is 1. The lowest BCUT2D eigenvalue weighted by molar-refractivity contribution is -0.143. The largest absolute Gasteiger partial charge is 0.456 e. The summed E-state index contributed by atoms with van der Waals surface area (Å²) in [5, 5.41) is 2.72. The van der Waals surface area contributed by atoms with Gasteiger partial charge in [0, 0.05) is 12.0 Å². The van der Waals surface area contributed by atoms with Gasteiger partial charge in [-0.15, -0.1) is 0 Å². The van der Waals surface area contributed by atoms with Crippen LogP contribution in [0.5, 0.6) is 0 Å². The predicted octanol–water partition coefficient (Wildman–Crippen LogP) is 4.48. The van der Waals surface area contributed by atoms with Gasteiger partial charge in [-0.3, -0.25) is 14.4 Å². The molecule has 1 amide bonds. The Morgan fingerprint density at radius 2 is 1.61 bits per heavy atom. The first-order chi connectivity index (χ1) is 14.9. The Morgan fingerprint density at radius 3 is 2.19 bits per heavy atom. The summed E-state index contributed by atoms with van der Waals surface area (Å²) in [5.74, 6) is 1.55. The van der Waals surface area contributed by atoms with Crippen LogP contribution in [0.2, 0.25) is 0 Å². The van der Waals surface area contributed by atoms with Crippen molar-refractivity contribution < 1.29 is 19.1 Å². The fourth-order valence-corrected chi connectivity index (χ4v) is 6.60. The van der Waals surface area contributed by atoms with Crippen LogP contribution in [0.25, 0.3) is 0 Å². The van der Waals surface area contributed by atoms with E-state index in [1.54, 1.807) is 12.1 Å². The minimum atomic E-state index is -0.563. The minimum absolute atomic E-state index is 0.0621. The van der Waals surface area contributed by atoms with Crippen molar-refractivity contribution in [2.45, 2.75) is 71.1 Å². The summed E-state index contributed by atoms with van der Waals surface area (Å²) in [4.78, 5) is 36.8. The van der Waals surface area contributed by atoms with Crippen molar-refractivity contribution in [1.82, 2.24) is 5.32 Å². The number of benzene rings is 1. The zero-order valence-electron chi connectivity index (χ0n) is 18.7. The molecule has 0 aliphatic heterocycles. The number of esters is 1. The van der Waals surface area contributed by atoms with Gasteiger partial charge in [0.15, 0.2) is 12.4 Å². The van der Waals surface area contributed by atoms with Crippen LogP contribution in [0.1, 0.15) is 80.6 Å². The van der Waals surface area contributed by atoms with E-state index in [2.05, 4.69) is 12.2 Å². The molecule has 1 aromatic carbocycles. The van der Waals surface area contributed by atoms with Gasteiger partial charge in [0.1, 0.15) is 6.54 Å². The van der Waals surface area contributed by atoms with E-state index in [4.69, 9.17) is 4.74 Å². The van der Waals surface area contributed by atoms with E-state index in [0.717, 1.165) is 37.0 Å². The summed E-state index contributed by atoms with van der Waals surface area (Å²) in [5.41, 5.74) is 1.90. The summed E-state index contributed by atoms with van der Waals surface area (Å²) in [6.45, 7) is 1.68. The summed E-state index contributed by atoms with van der Waals surface area (Å²) >= 11 is 0. The molecule has 0 heterocycles. The highest BCUT2D eigenvalue weighted by atomic mass is 16.5. The number of amides is 1. The summed E-state index contributed by atoms with van der Waals surface area (Å²) in [6.07, 6.45) is 11.3. The van der Waals surface area contributed by atoms with Crippen molar-refractivity contribution in [2.24, 2.45) is 23.2 Å². The Morgan fingerprint density at radius 1 is 1.00 bits per heavy atom. The number of hydrogen-bond donors (Lipinski definition) is 1. The van der Waals surface area contributed by atoms with Crippen LogP contribution < -0.4 is 5.32 Å². The standard InChI is InChI=1S/C26H35NO4/c1-2-3-4-18-5-7-22(8-6-18)23(28)17-31-25(30)16-27-24(29)15-26-12-19-9-20(13-26)11-21(10-19)14-26/h5-8,19-21H,2-4,9-17H2,1H3,(H,27,29). The molecular formula is C26H35NO4. The van der Waals surface area contributed by atoms with Gasteiger partial charge in [0.25, 0.3) is 0 Å². The second-order valence-electron chi connectivity index (χ2n) is 10.3. The minimum Gasteiger partial charge on any atom is -0.456 e. The molecule has 0 spiro atoms. The van der Waals surface area contributed by atoms with Gasteiger partial charge >= 0.3 is 5.97 Å². The number of carbonyl (C=O) groups excluding carboxylic acids is 3. The van der Waals surface area contributed by atoms with E-state index in [0.29, 0.717) is 12.0 Å². The molecule has 0 saturated heterocycles. The molecule has 0 unspecified atom stereocenters. The highest BCUT2D eigenvalue weighted by Crippen LogP contribution is 2.61. The lowest BCUT2D eigenvalue weighted by Gasteiger charge is -2.56. The SMILES string of the molecule is CCCCc1ccc(C(=O)COC(=O)CNC(=O)CC23CC4CC(CC(C4)C2)C3)cc1. The monoisotopic (exact) mass is 425 g/mol. The molecule has 31 heavy (non-hydrogen) atoms. The molecule has 4 aliphatic carbocycles.